The first-order valence-corrected chi connectivity index (χ1v) is 4.31. The van der Waals surface area contributed by atoms with E-state index in [0.29, 0.717) is 11.8 Å². The molecule has 0 amide bonds. The van der Waals surface area contributed by atoms with Crippen LogP contribution in [-0.4, -0.2) is 12.1 Å². The summed E-state index contributed by atoms with van der Waals surface area (Å²) in [6, 6.07) is 0. The lowest BCUT2D eigenvalue weighted by Crippen LogP contribution is -2.20. The molecule has 2 heteroatoms. The Morgan fingerprint density at radius 1 is 1.50 bits per heavy atom. The molecule has 12 heavy (non-hydrogen) atoms. The first-order chi connectivity index (χ1) is 5.79. The van der Waals surface area contributed by atoms with E-state index in [4.69, 9.17) is 4.74 Å². The molecule has 1 fully saturated rings. The van der Waals surface area contributed by atoms with E-state index in [9.17, 15) is 4.79 Å². The van der Waals surface area contributed by atoms with E-state index >= 15 is 0 Å². The lowest BCUT2D eigenvalue weighted by Gasteiger charge is -2.17. The Bertz CT molecular complexity index is 242. The molecule has 2 nitrogen and oxygen atoms in total. The maximum absolute atomic E-state index is 10.9. The van der Waals surface area contributed by atoms with Gasteiger partial charge in [-0.25, -0.2) is 4.79 Å². The molecular weight excluding hydrogens is 152 g/mol. The Hall–Kier alpha value is -1.05. The van der Waals surface area contributed by atoms with Crippen LogP contribution in [0.4, 0.5) is 0 Å². The van der Waals surface area contributed by atoms with E-state index < -0.39 is 0 Å². The normalized spacial score (nSPS) is 36.8. The molecule has 3 unspecified atom stereocenters. The number of hydrogen-bond acceptors (Lipinski definition) is 2. The highest BCUT2D eigenvalue weighted by atomic mass is 16.5. The molecule has 2 aliphatic carbocycles. The van der Waals surface area contributed by atoms with E-state index in [-0.39, 0.29) is 12.1 Å². The zero-order valence-corrected chi connectivity index (χ0v) is 6.90. The van der Waals surface area contributed by atoms with Crippen LogP contribution in [0.5, 0.6) is 0 Å². The average Bonchev–Trinajstić information content (AvgIpc) is 2.64. The van der Waals surface area contributed by atoms with Crippen LogP contribution >= 0.6 is 0 Å². The van der Waals surface area contributed by atoms with Crippen LogP contribution in [0, 0.1) is 11.8 Å². The minimum absolute atomic E-state index is 0.116. The third-order valence-corrected chi connectivity index (χ3v) is 2.65. The number of rotatable bonds is 2. The van der Waals surface area contributed by atoms with Crippen molar-refractivity contribution in [1.29, 1.82) is 0 Å². The molecule has 0 aliphatic heterocycles. The van der Waals surface area contributed by atoms with Gasteiger partial charge in [0.2, 0.25) is 0 Å². The maximum atomic E-state index is 10.9. The zero-order valence-electron chi connectivity index (χ0n) is 6.90. The highest BCUT2D eigenvalue weighted by Gasteiger charge is 2.37. The van der Waals surface area contributed by atoms with Crippen LogP contribution in [0.1, 0.15) is 12.8 Å². The van der Waals surface area contributed by atoms with E-state index in [2.05, 4.69) is 18.7 Å². The maximum Gasteiger partial charge on any atom is 0.330 e. The van der Waals surface area contributed by atoms with E-state index in [0.717, 1.165) is 12.8 Å². The molecule has 0 aromatic carbocycles. The quantitative estimate of drug-likeness (QED) is 0.352. The largest absolute Gasteiger partial charge is 0.459 e. The molecule has 64 valence electrons. The Balaban J connectivity index is 1.95. The molecule has 2 rings (SSSR count). The molecule has 0 N–H and O–H groups in total. The number of carbonyl (C=O) groups is 1. The topological polar surface area (TPSA) is 26.3 Å². The first kappa shape index (κ1) is 7.59. The van der Waals surface area contributed by atoms with Crippen LogP contribution in [0.2, 0.25) is 0 Å². The third-order valence-electron chi connectivity index (χ3n) is 2.65. The molecular formula is C10H12O2. The van der Waals surface area contributed by atoms with Crippen molar-refractivity contribution in [3.63, 3.8) is 0 Å². The second-order valence-corrected chi connectivity index (χ2v) is 3.46. The molecule has 0 aromatic rings. The summed E-state index contributed by atoms with van der Waals surface area (Å²) in [5, 5.41) is 0. The summed E-state index contributed by atoms with van der Waals surface area (Å²) in [5.41, 5.74) is 0. The fourth-order valence-electron chi connectivity index (χ4n) is 2.06. The minimum atomic E-state index is -0.291. The lowest BCUT2D eigenvalue weighted by atomic mass is 10.0. The van der Waals surface area contributed by atoms with Crippen molar-refractivity contribution in [2.24, 2.45) is 11.8 Å². The molecule has 0 spiro atoms. The van der Waals surface area contributed by atoms with Gasteiger partial charge in [0.05, 0.1) is 0 Å². The predicted octanol–water partition coefficient (Wildman–Crippen LogP) is 1.68. The van der Waals surface area contributed by atoms with Crippen molar-refractivity contribution in [1.82, 2.24) is 0 Å². The van der Waals surface area contributed by atoms with Gasteiger partial charge >= 0.3 is 5.97 Å². The second-order valence-electron chi connectivity index (χ2n) is 3.46. The van der Waals surface area contributed by atoms with Crippen molar-refractivity contribution < 1.29 is 9.53 Å². The van der Waals surface area contributed by atoms with Gasteiger partial charge in [-0.15, -0.1) is 0 Å². The number of allylic oxidation sites excluding steroid dienone is 1. The summed E-state index contributed by atoms with van der Waals surface area (Å²) in [7, 11) is 0. The smallest absolute Gasteiger partial charge is 0.330 e. The van der Waals surface area contributed by atoms with Crippen molar-refractivity contribution in [2.75, 3.05) is 0 Å². The van der Waals surface area contributed by atoms with Crippen LogP contribution < -0.4 is 0 Å². The van der Waals surface area contributed by atoms with Gasteiger partial charge < -0.3 is 4.74 Å². The fraction of sp³-hybridized carbons (Fsp3) is 0.500. The number of hydrogen-bond donors (Lipinski definition) is 0. The zero-order chi connectivity index (χ0) is 8.55. The van der Waals surface area contributed by atoms with Gasteiger partial charge in [-0.05, 0) is 18.8 Å². The summed E-state index contributed by atoms with van der Waals surface area (Å²) in [6.45, 7) is 3.37. The molecule has 0 heterocycles. The molecule has 1 saturated carbocycles. The first-order valence-electron chi connectivity index (χ1n) is 4.31. The Labute approximate surface area is 71.9 Å². The van der Waals surface area contributed by atoms with Crippen LogP contribution in [-0.2, 0) is 9.53 Å². The summed E-state index contributed by atoms with van der Waals surface area (Å²) in [4.78, 5) is 10.9. The molecule has 0 radical (unpaired) electrons. The summed E-state index contributed by atoms with van der Waals surface area (Å²) in [6.07, 6.45) is 7.90. The molecule has 0 aromatic heterocycles. The SMILES string of the molecule is C=CC(=O)OC1CC2C=CC1C2. The molecule has 2 bridgehead atoms. The Kier molecular flexibility index (Phi) is 1.75. The highest BCUT2D eigenvalue weighted by Crippen LogP contribution is 2.40. The van der Waals surface area contributed by atoms with Gasteiger partial charge in [0.1, 0.15) is 6.10 Å². The van der Waals surface area contributed by atoms with Gasteiger partial charge in [0.25, 0.3) is 0 Å². The third kappa shape index (κ3) is 1.17. The van der Waals surface area contributed by atoms with E-state index in [1.165, 1.54) is 6.08 Å². The van der Waals surface area contributed by atoms with Crippen LogP contribution in [0.3, 0.4) is 0 Å². The summed E-state index contributed by atoms with van der Waals surface area (Å²) >= 11 is 0. The fourth-order valence-corrected chi connectivity index (χ4v) is 2.06. The Morgan fingerprint density at radius 3 is 2.83 bits per heavy atom. The van der Waals surface area contributed by atoms with Crippen molar-refractivity contribution in [3.05, 3.63) is 24.8 Å². The van der Waals surface area contributed by atoms with Crippen molar-refractivity contribution >= 4 is 5.97 Å². The second kappa shape index (κ2) is 2.77. The predicted molar refractivity (Wildman–Crippen MR) is 45.4 cm³/mol. The van der Waals surface area contributed by atoms with Gasteiger partial charge in [0, 0.05) is 12.0 Å². The van der Waals surface area contributed by atoms with Crippen LogP contribution in [0.25, 0.3) is 0 Å². The van der Waals surface area contributed by atoms with Crippen molar-refractivity contribution in [3.8, 4) is 0 Å². The monoisotopic (exact) mass is 164 g/mol. The number of esters is 1. The number of carbonyl (C=O) groups excluding carboxylic acids is 1. The molecule has 3 atom stereocenters. The average molecular weight is 164 g/mol. The Morgan fingerprint density at radius 2 is 2.33 bits per heavy atom. The van der Waals surface area contributed by atoms with Gasteiger partial charge in [0.15, 0.2) is 0 Å². The van der Waals surface area contributed by atoms with Gasteiger partial charge in [-0.3, -0.25) is 0 Å². The number of fused-ring (bicyclic) bond motifs is 2. The van der Waals surface area contributed by atoms with E-state index in [1.807, 2.05) is 0 Å². The van der Waals surface area contributed by atoms with Crippen molar-refractivity contribution in [2.45, 2.75) is 18.9 Å². The van der Waals surface area contributed by atoms with E-state index in [1.54, 1.807) is 0 Å². The lowest BCUT2D eigenvalue weighted by molar-refractivity contribution is -0.144. The highest BCUT2D eigenvalue weighted by molar-refractivity contribution is 5.81. The van der Waals surface area contributed by atoms with Gasteiger partial charge in [-0.2, -0.15) is 0 Å². The van der Waals surface area contributed by atoms with Crippen LogP contribution in [0.15, 0.2) is 24.8 Å². The molecule has 2 aliphatic rings. The minimum Gasteiger partial charge on any atom is -0.459 e. The summed E-state index contributed by atoms with van der Waals surface area (Å²) in [5.74, 6) is 0.831. The number of ether oxygens (including phenoxy) is 1. The molecule has 0 saturated heterocycles. The van der Waals surface area contributed by atoms with Gasteiger partial charge in [-0.1, -0.05) is 18.7 Å². The standard InChI is InChI=1S/C10H12O2/c1-2-10(11)12-9-6-7-3-4-8(9)5-7/h2-4,7-9H,1,5-6H2. The summed E-state index contributed by atoms with van der Waals surface area (Å²) < 4.78 is 5.19.